The van der Waals surface area contributed by atoms with Crippen LogP contribution in [0, 0.1) is 0 Å². The van der Waals surface area contributed by atoms with Gasteiger partial charge in [0.05, 0.1) is 29.4 Å². The zero-order valence-corrected chi connectivity index (χ0v) is 17.4. The van der Waals surface area contributed by atoms with Crippen molar-refractivity contribution in [2.24, 2.45) is 0 Å². The molecule has 4 N–H and O–H groups in total. The van der Waals surface area contributed by atoms with Crippen LogP contribution in [0.4, 0.5) is 6.01 Å². The zero-order chi connectivity index (χ0) is 21.1. The number of rotatable bonds is 4. The summed E-state index contributed by atoms with van der Waals surface area (Å²) in [6, 6.07) is 0.182. The summed E-state index contributed by atoms with van der Waals surface area (Å²) in [6.07, 6.45) is -2.13. The topological polar surface area (TPSA) is 128 Å². The van der Waals surface area contributed by atoms with Crippen molar-refractivity contribution in [1.29, 1.82) is 0 Å². The quantitative estimate of drug-likeness (QED) is 0.618. The molecule has 2 aromatic rings. The molecular formula is C19H30N4O5. The molecule has 0 amide bonds. The molecule has 2 aromatic heterocycles. The first-order valence-corrected chi connectivity index (χ1v) is 9.41. The summed E-state index contributed by atoms with van der Waals surface area (Å²) in [5, 5.41) is 47.2. The minimum Gasteiger partial charge on any atom is -0.493 e. The molecule has 2 heterocycles. The maximum Gasteiger partial charge on any atom is 0.300 e. The molecule has 0 aliphatic heterocycles. The highest BCUT2D eigenvalue weighted by molar-refractivity contribution is 5.45. The summed E-state index contributed by atoms with van der Waals surface area (Å²) in [6.45, 7) is 9.63. The standard InChI is InChI=1S/C19H30N4O5/c1-8(2)12-9(17(27)23(21-12)19(3,4)5)10-13(24)11(14(10)25)15-16(26)20-18(28-15)22(6)7/h8,10-11,13-14,24-27H,1-7H3. The van der Waals surface area contributed by atoms with E-state index >= 15 is 0 Å². The van der Waals surface area contributed by atoms with Crippen molar-refractivity contribution in [3.63, 3.8) is 0 Å². The number of oxazole rings is 1. The summed E-state index contributed by atoms with van der Waals surface area (Å²) in [5.74, 6) is -1.98. The number of aliphatic hydroxyl groups is 2. The molecule has 2 atom stereocenters. The van der Waals surface area contributed by atoms with E-state index in [1.807, 2.05) is 34.6 Å². The Morgan fingerprint density at radius 2 is 1.64 bits per heavy atom. The fourth-order valence-electron chi connectivity index (χ4n) is 3.73. The summed E-state index contributed by atoms with van der Waals surface area (Å²) in [7, 11) is 3.42. The van der Waals surface area contributed by atoms with Crippen LogP contribution in [0.15, 0.2) is 4.42 Å². The largest absolute Gasteiger partial charge is 0.493 e. The lowest BCUT2D eigenvalue weighted by atomic mass is 9.64. The third kappa shape index (κ3) is 3.02. The molecular weight excluding hydrogens is 364 g/mol. The third-order valence-electron chi connectivity index (χ3n) is 5.22. The van der Waals surface area contributed by atoms with E-state index in [2.05, 4.69) is 10.1 Å². The van der Waals surface area contributed by atoms with E-state index in [0.29, 0.717) is 11.3 Å². The second kappa shape index (κ2) is 6.66. The van der Waals surface area contributed by atoms with Crippen LogP contribution in [0.2, 0.25) is 0 Å². The van der Waals surface area contributed by atoms with E-state index in [1.54, 1.807) is 19.0 Å². The minimum absolute atomic E-state index is 0.0121. The van der Waals surface area contributed by atoms with Gasteiger partial charge in [-0.05, 0) is 26.7 Å². The summed E-state index contributed by atoms with van der Waals surface area (Å²) in [5.41, 5.74) is 0.604. The highest BCUT2D eigenvalue weighted by atomic mass is 16.4. The highest BCUT2D eigenvalue weighted by Crippen LogP contribution is 2.54. The van der Waals surface area contributed by atoms with Crippen molar-refractivity contribution in [3.8, 4) is 11.8 Å². The minimum atomic E-state index is -1.06. The van der Waals surface area contributed by atoms with Crippen LogP contribution in [-0.4, -0.2) is 61.5 Å². The normalized spacial score (nSPS) is 25.2. The van der Waals surface area contributed by atoms with Crippen LogP contribution in [0.3, 0.4) is 0 Å². The summed E-state index contributed by atoms with van der Waals surface area (Å²) >= 11 is 0. The summed E-state index contributed by atoms with van der Waals surface area (Å²) in [4.78, 5) is 5.48. The number of nitrogens with zero attached hydrogens (tertiary/aromatic N) is 4. The van der Waals surface area contributed by atoms with Crippen molar-refractivity contribution in [1.82, 2.24) is 14.8 Å². The SMILES string of the molecule is CC(C)c1nn(C(C)(C)C)c(O)c1C1C(O)C(c2oc(N(C)C)nc2O)C1O. The van der Waals surface area contributed by atoms with E-state index in [4.69, 9.17) is 4.42 Å². The Balaban J connectivity index is 2.00. The van der Waals surface area contributed by atoms with Crippen molar-refractivity contribution in [3.05, 3.63) is 17.0 Å². The van der Waals surface area contributed by atoms with Crippen molar-refractivity contribution >= 4 is 6.01 Å². The molecule has 0 spiro atoms. The lowest BCUT2D eigenvalue weighted by Crippen LogP contribution is -2.51. The molecule has 9 nitrogen and oxygen atoms in total. The maximum absolute atomic E-state index is 10.8. The Morgan fingerprint density at radius 1 is 1.07 bits per heavy atom. The fourth-order valence-corrected chi connectivity index (χ4v) is 3.73. The van der Waals surface area contributed by atoms with E-state index in [9.17, 15) is 20.4 Å². The number of hydrogen-bond donors (Lipinski definition) is 4. The first kappa shape index (κ1) is 20.5. The van der Waals surface area contributed by atoms with Gasteiger partial charge >= 0.3 is 0 Å². The molecule has 156 valence electrons. The average molecular weight is 394 g/mol. The Labute approximate surface area is 164 Å². The monoisotopic (exact) mass is 394 g/mol. The predicted molar refractivity (Wildman–Crippen MR) is 103 cm³/mol. The number of hydrogen-bond acceptors (Lipinski definition) is 8. The highest BCUT2D eigenvalue weighted by Gasteiger charge is 2.56. The molecule has 9 heteroatoms. The number of aromatic nitrogens is 3. The Hall–Kier alpha value is -2.26. The molecule has 1 aliphatic rings. The second-order valence-electron chi connectivity index (χ2n) is 8.97. The smallest absolute Gasteiger partial charge is 0.300 e. The van der Waals surface area contributed by atoms with Gasteiger partial charge in [0.2, 0.25) is 5.88 Å². The van der Waals surface area contributed by atoms with E-state index in [1.165, 1.54) is 4.68 Å². The van der Waals surface area contributed by atoms with Gasteiger partial charge in [-0.2, -0.15) is 10.1 Å². The molecule has 3 rings (SSSR count). The lowest BCUT2D eigenvalue weighted by molar-refractivity contribution is -0.0866. The van der Waals surface area contributed by atoms with Gasteiger partial charge < -0.3 is 29.7 Å². The average Bonchev–Trinajstić information content (AvgIpc) is 3.09. The molecule has 2 unspecified atom stereocenters. The molecule has 0 saturated heterocycles. The predicted octanol–water partition coefficient (Wildman–Crippen LogP) is 1.83. The van der Waals surface area contributed by atoms with Gasteiger partial charge in [-0.15, -0.1) is 0 Å². The third-order valence-corrected chi connectivity index (χ3v) is 5.22. The first-order chi connectivity index (χ1) is 12.9. The molecule has 1 saturated carbocycles. The van der Waals surface area contributed by atoms with Gasteiger partial charge in [0, 0.05) is 25.6 Å². The van der Waals surface area contributed by atoms with Crippen LogP contribution in [0.1, 0.15) is 69.4 Å². The molecule has 1 fully saturated rings. The first-order valence-electron chi connectivity index (χ1n) is 9.41. The van der Waals surface area contributed by atoms with Gasteiger partial charge in [0.25, 0.3) is 11.9 Å². The fraction of sp³-hybridized carbons (Fsp3) is 0.684. The molecule has 0 radical (unpaired) electrons. The molecule has 0 aromatic carbocycles. The van der Waals surface area contributed by atoms with Gasteiger partial charge in [-0.25, -0.2) is 4.68 Å². The Bertz CT molecular complexity index is 855. The van der Waals surface area contributed by atoms with Crippen LogP contribution in [0.25, 0.3) is 0 Å². The summed E-state index contributed by atoms with van der Waals surface area (Å²) < 4.78 is 7.05. The Kier molecular flexibility index (Phi) is 4.87. The number of aromatic hydroxyl groups is 2. The van der Waals surface area contributed by atoms with Crippen molar-refractivity contribution in [2.75, 3.05) is 19.0 Å². The molecule has 1 aliphatic carbocycles. The van der Waals surface area contributed by atoms with Gasteiger partial charge in [0.15, 0.2) is 5.76 Å². The van der Waals surface area contributed by atoms with E-state index in [-0.39, 0.29) is 29.5 Å². The number of aliphatic hydroxyl groups excluding tert-OH is 2. The van der Waals surface area contributed by atoms with Crippen LogP contribution < -0.4 is 4.90 Å². The molecule has 0 bridgehead atoms. The maximum atomic E-state index is 10.8. The van der Waals surface area contributed by atoms with Gasteiger partial charge in [0.1, 0.15) is 0 Å². The van der Waals surface area contributed by atoms with E-state index in [0.717, 1.165) is 0 Å². The number of anilines is 1. The molecule has 28 heavy (non-hydrogen) atoms. The van der Waals surface area contributed by atoms with Crippen molar-refractivity contribution < 1.29 is 24.8 Å². The lowest BCUT2D eigenvalue weighted by Gasteiger charge is -2.45. The Morgan fingerprint density at radius 3 is 2.07 bits per heavy atom. The van der Waals surface area contributed by atoms with Gasteiger partial charge in [-0.1, -0.05) is 13.8 Å². The van der Waals surface area contributed by atoms with Crippen molar-refractivity contribution in [2.45, 2.75) is 70.1 Å². The zero-order valence-electron chi connectivity index (χ0n) is 17.4. The van der Waals surface area contributed by atoms with Crippen LogP contribution in [0.5, 0.6) is 11.8 Å². The van der Waals surface area contributed by atoms with Crippen LogP contribution in [-0.2, 0) is 5.54 Å². The second-order valence-corrected chi connectivity index (χ2v) is 8.97. The van der Waals surface area contributed by atoms with E-state index < -0.39 is 29.6 Å². The van der Waals surface area contributed by atoms with Gasteiger partial charge in [-0.3, -0.25) is 0 Å². The van der Waals surface area contributed by atoms with Crippen LogP contribution >= 0.6 is 0 Å².